The maximum atomic E-state index is 5.53. The van der Waals surface area contributed by atoms with Crippen LogP contribution in [0.15, 0.2) is 16.5 Å². The number of aryl methyl sites for hydroxylation is 1. The summed E-state index contributed by atoms with van der Waals surface area (Å²) in [6, 6.07) is 4.09. The van der Waals surface area contributed by atoms with Crippen LogP contribution in [0.25, 0.3) is 0 Å². The van der Waals surface area contributed by atoms with E-state index in [9.17, 15) is 0 Å². The van der Waals surface area contributed by atoms with E-state index in [0.717, 1.165) is 44.1 Å². The van der Waals surface area contributed by atoms with Crippen LogP contribution in [0, 0.1) is 6.92 Å². The fourth-order valence-corrected chi connectivity index (χ4v) is 2.32. The van der Waals surface area contributed by atoms with Crippen molar-refractivity contribution in [3.8, 4) is 0 Å². The van der Waals surface area contributed by atoms with Crippen molar-refractivity contribution in [2.75, 3.05) is 45.8 Å². The fourth-order valence-electron chi connectivity index (χ4n) is 2.32. The molecule has 18 heavy (non-hydrogen) atoms. The third kappa shape index (κ3) is 4.80. The van der Waals surface area contributed by atoms with Gasteiger partial charge in [-0.05, 0) is 38.6 Å². The standard InChI is InChI=1S/C14H25N3O/c1-13-3-4-14(18-13)5-7-15-6-2-10-17-11-8-16-9-12-17/h3-4,15-16H,2,5-12H2,1H3. The molecule has 1 aliphatic rings. The van der Waals surface area contributed by atoms with Crippen molar-refractivity contribution in [3.63, 3.8) is 0 Å². The minimum Gasteiger partial charge on any atom is -0.466 e. The zero-order valence-electron chi connectivity index (χ0n) is 11.4. The highest BCUT2D eigenvalue weighted by Crippen LogP contribution is 2.05. The van der Waals surface area contributed by atoms with Crippen molar-refractivity contribution in [1.29, 1.82) is 0 Å². The highest BCUT2D eigenvalue weighted by atomic mass is 16.3. The number of hydrogen-bond acceptors (Lipinski definition) is 4. The molecule has 102 valence electrons. The van der Waals surface area contributed by atoms with Gasteiger partial charge in [0.2, 0.25) is 0 Å². The Morgan fingerprint density at radius 2 is 2.11 bits per heavy atom. The molecule has 0 aromatic carbocycles. The molecular formula is C14H25N3O. The lowest BCUT2D eigenvalue weighted by Gasteiger charge is -2.27. The molecule has 2 N–H and O–H groups in total. The summed E-state index contributed by atoms with van der Waals surface area (Å²) in [7, 11) is 0. The quantitative estimate of drug-likeness (QED) is 0.710. The lowest BCUT2D eigenvalue weighted by Crippen LogP contribution is -2.44. The summed E-state index contributed by atoms with van der Waals surface area (Å²) in [4.78, 5) is 2.54. The Hall–Kier alpha value is -0.840. The molecule has 4 heteroatoms. The van der Waals surface area contributed by atoms with Gasteiger partial charge >= 0.3 is 0 Å². The van der Waals surface area contributed by atoms with Crippen molar-refractivity contribution < 1.29 is 4.42 Å². The second-order valence-electron chi connectivity index (χ2n) is 4.96. The molecule has 0 radical (unpaired) electrons. The van der Waals surface area contributed by atoms with E-state index in [0.29, 0.717) is 0 Å². The summed E-state index contributed by atoms with van der Waals surface area (Å²) >= 11 is 0. The van der Waals surface area contributed by atoms with Gasteiger partial charge < -0.3 is 20.0 Å². The van der Waals surface area contributed by atoms with E-state index < -0.39 is 0 Å². The van der Waals surface area contributed by atoms with E-state index in [1.54, 1.807) is 0 Å². The number of rotatable bonds is 7. The molecule has 0 saturated carbocycles. The first-order chi connectivity index (χ1) is 8.84. The summed E-state index contributed by atoms with van der Waals surface area (Å²) in [6.07, 6.45) is 2.22. The van der Waals surface area contributed by atoms with Crippen LogP contribution in [0.1, 0.15) is 17.9 Å². The number of hydrogen-bond donors (Lipinski definition) is 2. The van der Waals surface area contributed by atoms with Gasteiger partial charge in [-0.2, -0.15) is 0 Å². The topological polar surface area (TPSA) is 40.4 Å². The van der Waals surface area contributed by atoms with Crippen LogP contribution in [0.2, 0.25) is 0 Å². The molecule has 0 bridgehead atoms. The van der Waals surface area contributed by atoms with Crippen LogP contribution in [-0.4, -0.2) is 50.7 Å². The molecule has 1 aromatic heterocycles. The second kappa shape index (κ2) is 7.56. The summed E-state index contributed by atoms with van der Waals surface area (Å²) in [5.41, 5.74) is 0. The van der Waals surface area contributed by atoms with Gasteiger partial charge in [-0.25, -0.2) is 0 Å². The van der Waals surface area contributed by atoms with E-state index in [2.05, 4.69) is 21.6 Å². The van der Waals surface area contributed by atoms with Crippen molar-refractivity contribution in [2.24, 2.45) is 0 Å². The highest BCUT2D eigenvalue weighted by Gasteiger charge is 2.07. The average Bonchev–Trinajstić information content (AvgIpc) is 2.81. The van der Waals surface area contributed by atoms with Gasteiger partial charge in [0.05, 0.1) is 0 Å². The summed E-state index contributed by atoms with van der Waals surface area (Å²) in [5.74, 6) is 2.09. The monoisotopic (exact) mass is 251 g/mol. The predicted octanol–water partition coefficient (Wildman–Crippen LogP) is 1.02. The lowest BCUT2D eigenvalue weighted by atomic mass is 10.3. The summed E-state index contributed by atoms with van der Waals surface area (Å²) in [6.45, 7) is 10.0. The lowest BCUT2D eigenvalue weighted by molar-refractivity contribution is 0.238. The number of nitrogens with one attached hydrogen (secondary N) is 2. The molecule has 1 fully saturated rings. The van der Waals surface area contributed by atoms with E-state index >= 15 is 0 Å². The Kier molecular flexibility index (Phi) is 5.71. The van der Waals surface area contributed by atoms with Gasteiger partial charge in [-0.1, -0.05) is 0 Å². The molecule has 2 heterocycles. The van der Waals surface area contributed by atoms with Gasteiger partial charge in [0, 0.05) is 39.1 Å². The Morgan fingerprint density at radius 1 is 1.28 bits per heavy atom. The Morgan fingerprint density at radius 3 is 2.83 bits per heavy atom. The largest absolute Gasteiger partial charge is 0.466 e. The summed E-state index contributed by atoms with van der Waals surface area (Å²) in [5, 5.41) is 6.86. The van der Waals surface area contributed by atoms with Crippen LogP contribution in [0.3, 0.4) is 0 Å². The van der Waals surface area contributed by atoms with E-state index in [4.69, 9.17) is 4.42 Å². The zero-order valence-corrected chi connectivity index (χ0v) is 11.4. The minimum atomic E-state index is 0.988. The second-order valence-corrected chi connectivity index (χ2v) is 4.96. The molecule has 1 aliphatic heterocycles. The van der Waals surface area contributed by atoms with Gasteiger partial charge in [0.15, 0.2) is 0 Å². The molecule has 1 aromatic rings. The summed E-state index contributed by atoms with van der Waals surface area (Å²) < 4.78 is 5.53. The number of piperazine rings is 1. The van der Waals surface area contributed by atoms with Crippen molar-refractivity contribution in [3.05, 3.63) is 23.7 Å². The average molecular weight is 251 g/mol. The number of nitrogens with zero attached hydrogens (tertiary/aromatic N) is 1. The molecule has 2 rings (SSSR count). The molecule has 0 spiro atoms. The van der Waals surface area contributed by atoms with Crippen LogP contribution in [0.5, 0.6) is 0 Å². The predicted molar refractivity (Wildman–Crippen MR) is 73.9 cm³/mol. The van der Waals surface area contributed by atoms with E-state index in [-0.39, 0.29) is 0 Å². The molecule has 0 unspecified atom stereocenters. The molecule has 4 nitrogen and oxygen atoms in total. The van der Waals surface area contributed by atoms with Crippen LogP contribution >= 0.6 is 0 Å². The first-order valence-corrected chi connectivity index (χ1v) is 7.04. The molecule has 0 aliphatic carbocycles. The minimum absolute atomic E-state index is 0.988. The van der Waals surface area contributed by atoms with Crippen molar-refractivity contribution in [2.45, 2.75) is 19.8 Å². The zero-order chi connectivity index (χ0) is 12.6. The Labute approximate surface area is 110 Å². The molecule has 0 amide bonds. The smallest absolute Gasteiger partial charge is 0.105 e. The normalized spacial score (nSPS) is 17.2. The van der Waals surface area contributed by atoms with Gasteiger partial charge in [0.25, 0.3) is 0 Å². The van der Waals surface area contributed by atoms with Gasteiger partial charge in [-0.3, -0.25) is 0 Å². The molecular weight excluding hydrogens is 226 g/mol. The number of furan rings is 1. The van der Waals surface area contributed by atoms with Crippen LogP contribution in [0.4, 0.5) is 0 Å². The van der Waals surface area contributed by atoms with Gasteiger partial charge in [0.1, 0.15) is 11.5 Å². The maximum Gasteiger partial charge on any atom is 0.105 e. The third-order valence-electron chi connectivity index (χ3n) is 3.38. The Bertz CT molecular complexity index is 332. The third-order valence-corrected chi connectivity index (χ3v) is 3.38. The van der Waals surface area contributed by atoms with E-state index in [1.807, 2.05) is 13.0 Å². The fraction of sp³-hybridized carbons (Fsp3) is 0.714. The molecule has 0 atom stereocenters. The Balaban J connectivity index is 1.46. The first kappa shape index (κ1) is 13.6. The van der Waals surface area contributed by atoms with Crippen LogP contribution in [-0.2, 0) is 6.42 Å². The SMILES string of the molecule is Cc1ccc(CCNCCCN2CCNCC2)o1. The maximum absolute atomic E-state index is 5.53. The highest BCUT2D eigenvalue weighted by molar-refractivity contribution is 5.05. The van der Waals surface area contributed by atoms with Crippen molar-refractivity contribution in [1.82, 2.24) is 15.5 Å². The van der Waals surface area contributed by atoms with Gasteiger partial charge in [-0.15, -0.1) is 0 Å². The first-order valence-electron chi connectivity index (χ1n) is 7.04. The van der Waals surface area contributed by atoms with Crippen molar-refractivity contribution >= 4 is 0 Å². The van der Waals surface area contributed by atoms with Crippen LogP contribution < -0.4 is 10.6 Å². The van der Waals surface area contributed by atoms with E-state index in [1.165, 1.54) is 26.1 Å². The molecule has 1 saturated heterocycles.